The second kappa shape index (κ2) is 5.19. The van der Waals surface area contributed by atoms with Crippen molar-refractivity contribution in [2.24, 2.45) is 0 Å². The van der Waals surface area contributed by atoms with Crippen molar-refractivity contribution in [3.05, 3.63) is 28.8 Å². The molecular weight excluding hydrogens is 248 g/mol. The average molecular weight is 259 g/mol. The summed E-state index contributed by atoms with van der Waals surface area (Å²) < 4.78 is 25.3. The second-order valence-corrected chi connectivity index (χ2v) is 5.48. The molecule has 0 bridgehead atoms. The van der Waals surface area contributed by atoms with E-state index < -0.39 is 10.0 Å². The van der Waals surface area contributed by atoms with Gasteiger partial charge in [-0.15, -0.1) is 0 Å². The van der Waals surface area contributed by atoms with Gasteiger partial charge in [0.1, 0.15) is 6.07 Å². The minimum atomic E-state index is -3.33. The molecule has 0 radical (unpaired) electrons. The number of nitriles is 1. The van der Waals surface area contributed by atoms with Crippen molar-refractivity contribution in [1.82, 2.24) is 0 Å². The Morgan fingerprint density at radius 1 is 1.50 bits per heavy atom. The molecule has 0 heterocycles. The lowest BCUT2D eigenvalue weighted by molar-refractivity contribution is 0.600. The van der Waals surface area contributed by atoms with Crippen molar-refractivity contribution in [1.29, 1.82) is 5.26 Å². The average Bonchev–Trinajstić information content (AvgIpc) is 2.20. The molecule has 1 aromatic carbocycles. The van der Waals surface area contributed by atoms with Crippen LogP contribution in [0.3, 0.4) is 0 Å². The third-order valence-electron chi connectivity index (χ3n) is 1.83. The molecule has 0 saturated heterocycles. The summed E-state index contributed by atoms with van der Waals surface area (Å²) in [7, 11) is -3.33. The van der Waals surface area contributed by atoms with Gasteiger partial charge in [-0.3, -0.25) is 4.72 Å². The zero-order chi connectivity index (χ0) is 12.2. The van der Waals surface area contributed by atoms with E-state index in [9.17, 15) is 8.42 Å². The molecule has 1 rings (SSSR count). The van der Waals surface area contributed by atoms with Crippen LogP contribution in [0.4, 0.5) is 5.69 Å². The van der Waals surface area contributed by atoms with E-state index in [4.69, 9.17) is 16.9 Å². The summed E-state index contributed by atoms with van der Waals surface area (Å²) in [4.78, 5) is 0. The zero-order valence-electron chi connectivity index (χ0n) is 8.70. The molecule has 0 saturated carbocycles. The number of rotatable bonds is 4. The van der Waals surface area contributed by atoms with Crippen LogP contribution in [0.5, 0.6) is 0 Å². The molecule has 86 valence electrons. The first kappa shape index (κ1) is 12.8. The summed E-state index contributed by atoms with van der Waals surface area (Å²) >= 11 is 5.73. The molecule has 0 spiro atoms. The van der Waals surface area contributed by atoms with Crippen LogP contribution in [0.2, 0.25) is 5.02 Å². The van der Waals surface area contributed by atoms with Gasteiger partial charge in [-0.25, -0.2) is 8.42 Å². The summed E-state index contributed by atoms with van der Waals surface area (Å²) in [5.74, 6) is 0.0531. The predicted octanol–water partition coefficient (Wildman–Crippen LogP) is 2.36. The molecule has 0 aliphatic carbocycles. The van der Waals surface area contributed by atoms with Crippen LogP contribution in [0.15, 0.2) is 18.2 Å². The Kier molecular flexibility index (Phi) is 4.16. The van der Waals surface area contributed by atoms with Gasteiger partial charge in [-0.1, -0.05) is 18.5 Å². The van der Waals surface area contributed by atoms with Gasteiger partial charge in [-0.05, 0) is 24.6 Å². The fraction of sp³-hybridized carbons (Fsp3) is 0.300. The maximum atomic E-state index is 11.5. The maximum Gasteiger partial charge on any atom is 0.232 e. The predicted molar refractivity (Wildman–Crippen MR) is 63.9 cm³/mol. The van der Waals surface area contributed by atoms with Crippen molar-refractivity contribution in [3.8, 4) is 6.07 Å². The molecule has 16 heavy (non-hydrogen) atoms. The molecule has 1 N–H and O–H groups in total. The topological polar surface area (TPSA) is 70.0 Å². The van der Waals surface area contributed by atoms with Gasteiger partial charge in [-0.2, -0.15) is 5.26 Å². The van der Waals surface area contributed by atoms with Crippen molar-refractivity contribution < 1.29 is 8.42 Å². The fourth-order valence-electron chi connectivity index (χ4n) is 1.17. The van der Waals surface area contributed by atoms with Gasteiger partial charge in [0, 0.05) is 5.69 Å². The molecule has 1 aromatic rings. The summed E-state index contributed by atoms with van der Waals surface area (Å²) in [5.41, 5.74) is 0.604. The van der Waals surface area contributed by atoms with Gasteiger partial charge in [0.25, 0.3) is 0 Å². The van der Waals surface area contributed by atoms with E-state index in [2.05, 4.69) is 4.72 Å². The zero-order valence-corrected chi connectivity index (χ0v) is 10.3. The minimum absolute atomic E-state index is 0.0531. The molecule has 0 fully saturated rings. The summed E-state index contributed by atoms with van der Waals surface area (Å²) in [5, 5.41) is 9.04. The molecule has 4 nitrogen and oxygen atoms in total. The first-order valence-electron chi connectivity index (χ1n) is 4.68. The van der Waals surface area contributed by atoms with Gasteiger partial charge in [0.15, 0.2) is 0 Å². The number of halogens is 1. The Bertz CT molecular complexity index is 520. The van der Waals surface area contributed by atoms with Crippen molar-refractivity contribution in [2.75, 3.05) is 10.5 Å². The van der Waals surface area contributed by atoms with E-state index in [1.165, 1.54) is 18.2 Å². The number of anilines is 1. The number of hydrogen-bond donors (Lipinski definition) is 1. The van der Waals surface area contributed by atoms with Gasteiger partial charge < -0.3 is 0 Å². The molecule has 0 atom stereocenters. The standard InChI is InChI=1S/C10H11ClN2O2S/c1-2-5-16(14,15)13-9-3-4-10(11)8(6-9)7-12/h3-4,6,13H,2,5H2,1H3. The molecule has 0 aliphatic rings. The highest BCUT2D eigenvalue weighted by Crippen LogP contribution is 2.20. The highest BCUT2D eigenvalue weighted by Gasteiger charge is 2.09. The second-order valence-electron chi connectivity index (χ2n) is 3.23. The Balaban J connectivity index is 2.96. The van der Waals surface area contributed by atoms with E-state index in [-0.39, 0.29) is 11.3 Å². The van der Waals surface area contributed by atoms with Crippen LogP contribution in [-0.4, -0.2) is 14.2 Å². The van der Waals surface area contributed by atoms with Gasteiger partial charge in [0.05, 0.1) is 16.3 Å². The number of hydrogen-bond acceptors (Lipinski definition) is 3. The molecule has 0 unspecified atom stereocenters. The van der Waals surface area contributed by atoms with E-state index in [1.54, 1.807) is 6.92 Å². The highest BCUT2D eigenvalue weighted by atomic mass is 35.5. The minimum Gasteiger partial charge on any atom is -0.284 e. The highest BCUT2D eigenvalue weighted by molar-refractivity contribution is 7.92. The summed E-state index contributed by atoms with van der Waals surface area (Å²) in [6.07, 6.45) is 0.536. The van der Waals surface area contributed by atoms with Crippen LogP contribution < -0.4 is 4.72 Å². The Morgan fingerprint density at radius 3 is 2.75 bits per heavy atom. The lowest BCUT2D eigenvalue weighted by Gasteiger charge is -2.07. The first-order chi connectivity index (χ1) is 7.48. The van der Waals surface area contributed by atoms with E-state index in [1.807, 2.05) is 6.07 Å². The SMILES string of the molecule is CCCS(=O)(=O)Nc1ccc(Cl)c(C#N)c1. The smallest absolute Gasteiger partial charge is 0.232 e. The number of sulfonamides is 1. The first-order valence-corrected chi connectivity index (χ1v) is 6.71. The Hall–Kier alpha value is -1.25. The maximum absolute atomic E-state index is 11.5. The largest absolute Gasteiger partial charge is 0.284 e. The van der Waals surface area contributed by atoms with Crippen molar-refractivity contribution in [2.45, 2.75) is 13.3 Å². The van der Waals surface area contributed by atoms with E-state index in [0.29, 0.717) is 17.1 Å². The monoisotopic (exact) mass is 258 g/mol. The number of benzene rings is 1. The number of nitrogens with zero attached hydrogens (tertiary/aromatic N) is 1. The fourth-order valence-corrected chi connectivity index (χ4v) is 2.46. The lowest BCUT2D eigenvalue weighted by Crippen LogP contribution is -2.16. The van der Waals surface area contributed by atoms with Crippen LogP contribution in [0, 0.1) is 11.3 Å². The molecule has 6 heteroatoms. The third-order valence-corrected chi connectivity index (χ3v) is 3.66. The quantitative estimate of drug-likeness (QED) is 0.901. The van der Waals surface area contributed by atoms with E-state index >= 15 is 0 Å². The molecule has 0 aliphatic heterocycles. The van der Waals surface area contributed by atoms with Crippen LogP contribution in [-0.2, 0) is 10.0 Å². The third kappa shape index (κ3) is 3.40. The Labute approximate surface area is 99.9 Å². The normalized spacial score (nSPS) is 10.8. The van der Waals surface area contributed by atoms with Crippen molar-refractivity contribution >= 4 is 27.3 Å². The molecular formula is C10H11ClN2O2S. The van der Waals surface area contributed by atoms with Gasteiger partial charge in [0.2, 0.25) is 10.0 Å². The lowest BCUT2D eigenvalue weighted by atomic mass is 10.2. The van der Waals surface area contributed by atoms with E-state index in [0.717, 1.165) is 0 Å². The molecule has 0 amide bonds. The van der Waals surface area contributed by atoms with Crippen LogP contribution >= 0.6 is 11.6 Å². The summed E-state index contributed by atoms with van der Waals surface area (Å²) in [6, 6.07) is 6.31. The van der Waals surface area contributed by atoms with Crippen LogP contribution in [0.1, 0.15) is 18.9 Å². The molecule has 0 aromatic heterocycles. The number of nitrogens with one attached hydrogen (secondary N) is 1. The van der Waals surface area contributed by atoms with Gasteiger partial charge >= 0.3 is 0 Å². The van der Waals surface area contributed by atoms with Crippen LogP contribution in [0.25, 0.3) is 0 Å². The Morgan fingerprint density at radius 2 is 2.19 bits per heavy atom. The van der Waals surface area contributed by atoms with Crippen molar-refractivity contribution in [3.63, 3.8) is 0 Å². The summed E-state index contributed by atoms with van der Waals surface area (Å²) in [6.45, 7) is 1.78.